The smallest absolute Gasteiger partial charge is 0.116 e. The first-order chi connectivity index (χ1) is 4.83. The van der Waals surface area contributed by atoms with Crippen LogP contribution in [0.2, 0.25) is 4.34 Å². The molecule has 1 aromatic rings. The molecule has 0 saturated carbocycles. The van der Waals surface area contributed by atoms with E-state index in [1.54, 1.807) is 7.11 Å². The third kappa shape index (κ3) is 2.17. The Morgan fingerprint density at radius 1 is 1.70 bits per heavy atom. The maximum atomic E-state index is 5.68. The fourth-order valence-electron chi connectivity index (χ4n) is 0.553. The van der Waals surface area contributed by atoms with E-state index in [4.69, 9.17) is 16.3 Å². The Hall–Kier alpha value is -0.250. The molecule has 0 unspecified atom stereocenters. The molecule has 0 aliphatic heterocycles. The van der Waals surface area contributed by atoms with Crippen molar-refractivity contribution in [3.8, 4) is 0 Å². The molecule has 0 radical (unpaired) electrons. The SMILES string of the molecule is COCNc1ccc(Cl)s1. The Morgan fingerprint density at radius 3 is 3.00 bits per heavy atom. The molecule has 0 amide bonds. The van der Waals surface area contributed by atoms with Gasteiger partial charge in [-0.1, -0.05) is 11.6 Å². The third-order valence-corrected chi connectivity index (χ3v) is 2.15. The highest BCUT2D eigenvalue weighted by molar-refractivity contribution is 7.19. The van der Waals surface area contributed by atoms with Gasteiger partial charge >= 0.3 is 0 Å². The summed E-state index contributed by atoms with van der Waals surface area (Å²) in [4.78, 5) is 0. The van der Waals surface area contributed by atoms with E-state index in [2.05, 4.69) is 5.32 Å². The lowest BCUT2D eigenvalue weighted by Crippen LogP contribution is -2.00. The van der Waals surface area contributed by atoms with Gasteiger partial charge in [0, 0.05) is 7.11 Å². The molecule has 0 atom stereocenters. The molecule has 1 heterocycles. The molecule has 0 bridgehead atoms. The number of hydrogen-bond donors (Lipinski definition) is 1. The summed E-state index contributed by atoms with van der Waals surface area (Å²) in [6.45, 7) is 0.525. The Bertz CT molecular complexity index is 201. The summed E-state index contributed by atoms with van der Waals surface area (Å²) in [5, 5.41) is 4.06. The minimum atomic E-state index is 0.525. The van der Waals surface area contributed by atoms with Crippen molar-refractivity contribution in [1.29, 1.82) is 0 Å². The lowest BCUT2D eigenvalue weighted by Gasteiger charge is -1.98. The van der Waals surface area contributed by atoms with Crippen molar-refractivity contribution in [1.82, 2.24) is 0 Å². The van der Waals surface area contributed by atoms with Crippen LogP contribution in [0.15, 0.2) is 12.1 Å². The van der Waals surface area contributed by atoms with Crippen LogP contribution in [0, 0.1) is 0 Å². The lowest BCUT2D eigenvalue weighted by molar-refractivity contribution is 0.221. The van der Waals surface area contributed by atoms with E-state index in [9.17, 15) is 0 Å². The van der Waals surface area contributed by atoms with Gasteiger partial charge in [-0.15, -0.1) is 11.3 Å². The molecule has 0 aliphatic carbocycles. The Balaban J connectivity index is 2.42. The van der Waals surface area contributed by atoms with E-state index in [-0.39, 0.29) is 0 Å². The highest BCUT2D eigenvalue weighted by atomic mass is 35.5. The van der Waals surface area contributed by atoms with Gasteiger partial charge in [-0.05, 0) is 12.1 Å². The first kappa shape index (κ1) is 7.85. The van der Waals surface area contributed by atoms with Crippen LogP contribution in [-0.2, 0) is 4.74 Å². The highest BCUT2D eigenvalue weighted by Gasteiger charge is 1.93. The number of halogens is 1. The number of nitrogens with one attached hydrogen (secondary N) is 1. The number of rotatable bonds is 3. The Labute approximate surface area is 68.8 Å². The second-order valence-corrected chi connectivity index (χ2v) is 3.43. The maximum absolute atomic E-state index is 5.68. The largest absolute Gasteiger partial charge is 0.365 e. The summed E-state index contributed by atoms with van der Waals surface area (Å²) in [5.74, 6) is 0. The van der Waals surface area contributed by atoms with Crippen LogP contribution in [0.25, 0.3) is 0 Å². The van der Waals surface area contributed by atoms with E-state index in [1.807, 2.05) is 12.1 Å². The quantitative estimate of drug-likeness (QED) is 0.717. The number of anilines is 1. The van der Waals surface area contributed by atoms with Gasteiger partial charge in [0.25, 0.3) is 0 Å². The van der Waals surface area contributed by atoms with E-state index in [0.717, 1.165) is 9.34 Å². The molecule has 2 nitrogen and oxygen atoms in total. The summed E-state index contributed by atoms with van der Waals surface area (Å²) < 4.78 is 5.60. The summed E-state index contributed by atoms with van der Waals surface area (Å²) in [7, 11) is 1.64. The molecule has 56 valence electrons. The molecule has 4 heteroatoms. The second-order valence-electron chi connectivity index (χ2n) is 1.71. The van der Waals surface area contributed by atoms with Gasteiger partial charge in [0.05, 0.1) is 9.34 Å². The minimum Gasteiger partial charge on any atom is -0.365 e. The topological polar surface area (TPSA) is 21.3 Å². The molecule has 0 spiro atoms. The van der Waals surface area contributed by atoms with Gasteiger partial charge in [-0.25, -0.2) is 0 Å². The monoisotopic (exact) mass is 177 g/mol. The van der Waals surface area contributed by atoms with Crippen molar-refractivity contribution in [3.63, 3.8) is 0 Å². The highest BCUT2D eigenvalue weighted by Crippen LogP contribution is 2.25. The van der Waals surface area contributed by atoms with Gasteiger partial charge in [0.1, 0.15) is 6.73 Å². The van der Waals surface area contributed by atoms with E-state index in [0.29, 0.717) is 6.73 Å². The third-order valence-electron chi connectivity index (χ3n) is 0.964. The summed E-state index contributed by atoms with van der Waals surface area (Å²) >= 11 is 7.18. The van der Waals surface area contributed by atoms with Gasteiger partial charge < -0.3 is 10.1 Å². The van der Waals surface area contributed by atoms with Crippen molar-refractivity contribution >= 4 is 27.9 Å². The zero-order valence-electron chi connectivity index (χ0n) is 5.56. The predicted molar refractivity (Wildman–Crippen MR) is 44.8 cm³/mol. The minimum absolute atomic E-state index is 0.525. The summed E-state index contributed by atoms with van der Waals surface area (Å²) in [5.41, 5.74) is 0. The Morgan fingerprint density at radius 2 is 2.50 bits per heavy atom. The average Bonchev–Trinajstić information content (AvgIpc) is 2.31. The zero-order valence-corrected chi connectivity index (χ0v) is 7.13. The number of hydrogen-bond acceptors (Lipinski definition) is 3. The normalized spacial score (nSPS) is 9.80. The first-order valence-electron chi connectivity index (χ1n) is 2.81. The maximum Gasteiger partial charge on any atom is 0.116 e. The molecule has 1 N–H and O–H groups in total. The standard InChI is InChI=1S/C6H8ClNOS/c1-9-4-8-6-3-2-5(7)10-6/h2-3,8H,4H2,1H3. The summed E-state index contributed by atoms with van der Waals surface area (Å²) in [6, 6.07) is 3.77. The van der Waals surface area contributed by atoms with Crippen molar-refractivity contribution in [2.75, 3.05) is 19.2 Å². The second kappa shape index (κ2) is 3.81. The number of thiophene rings is 1. The number of methoxy groups -OCH3 is 1. The fraction of sp³-hybridized carbons (Fsp3) is 0.333. The molecule has 0 aromatic carbocycles. The molecule has 0 fully saturated rings. The van der Waals surface area contributed by atoms with Gasteiger partial charge in [-0.3, -0.25) is 0 Å². The van der Waals surface area contributed by atoms with E-state index in [1.165, 1.54) is 11.3 Å². The van der Waals surface area contributed by atoms with Gasteiger partial charge in [-0.2, -0.15) is 0 Å². The van der Waals surface area contributed by atoms with Crippen molar-refractivity contribution in [3.05, 3.63) is 16.5 Å². The molecule has 0 saturated heterocycles. The molecule has 1 rings (SSSR count). The molecule has 0 aliphatic rings. The van der Waals surface area contributed by atoms with Crippen molar-refractivity contribution < 1.29 is 4.74 Å². The zero-order chi connectivity index (χ0) is 7.40. The molecular formula is C6H8ClNOS. The van der Waals surface area contributed by atoms with Gasteiger partial charge in [0.2, 0.25) is 0 Å². The lowest BCUT2D eigenvalue weighted by atomic mass is 10.6. The van der Waals surface area contributed by atoms with E-state index < -0.39 is 0 Å². The van der Waals surface area contributed by atoms with Crippen LogP contribution in [-0.4, -0.2) is 13.8 Å². The van der Waals surface area contributed by atoms with Crippen LogP contribution < -0.4 is 5.32 Å². The van der Waals surface area contributed by atoms with Crippen LogP contribution in [0.3, 0.4) is 0 Å². The Kier molecular flexibility index (Phi) is 2.99. The predicted octanol–water partition coefficient (Wildman–Crippen LogP) is 2.42. The van der Waals surface area contributed by atoms with Crippen molar-refractivity contribution in [2.45, 2.75) is 0 Å². The molecular weight excluding hydrogens is 170 g/mol. The van der Waals surface area contributed by atoms with E-state index >= 15 is 0 Å². The van der Waals surface area contributed by atoms with Crippen LogP contribution in [0.1, 0.15) is 0 Å². The van der Waals surface area contributed by atoms with Crippen molar-refractivity contribution in [2.24, 2.45) is 0 Å². The fourth-order valence-corrected chi connectivity index (χ4v) is 1.48. The number of ether oxygens (including phenoxy) is 1. The van der Waals surface area contributed by atoms with Crippen LogP contribution in [0.4, 0.5) is 5.00 Å². The summed E-state index contributed by atoms with van der Waals surface area (Å²) in [6.07, 6.45) is 0. The average molecular weight is 178 g/mol. The van der Waals surface area contributed by atoms with Crippen LogP contribution in [0.5, 0.6) is 0 Å². The molecule has 1 aromatic heterocycles. The van der Waals surface area contributed by atoms with Gasteiger partial charge in [0.15, 0.2) is 0 Å². The molecule has 10 heavy (non-hydrogen) atoms. The van der Waals surface area contributed by atoms with Crippen LogP contribution >= 0.6 is 22.9 Å². The first-order valence-corrected chi connectivity index (χ1v) is 4.00.